The number of ether oxygens (including phenoxy) is 2. The minimum Gasteiger partial charge on any atom is -0.493 e. The molecule has 0 saturated carbocycles. The van der Waals surface area contributed by atoms with Crippen molar-refractivity contribution in [3.8, 4) is 17.2 Å². The summed E-state index contributed by atoms with van der Waals surface area (Å²) >= 11 is 0. The van der Waals surface area contributed by atoms with E-state index in [9.17, 15) is 4.21 Å². The van der Waals surface area contributed by atoms with Gasteiger partial charge in [0.15, 0.2) is 22.5 Å². The second kappa shape index (κ2) is 8.45. The molecule has 4 nitrogen and oxygen atoms in total. The summed E-state index contributed by atoms with van der Waals surface area (Å²) in [6.07, 6.45) is 1.60. The van der Waals surface area contributed by atoms with Gasteiger partial charge in [-0.15, -0.1) is 0 Å². The first-order valence-electron chi connectivity index (χ1n) is 8.09. The lowest BCUT2D eigenvalue weighted by Gasteiger charge is -2.09. The quantitative estimate of drug-likeness (QED) is 0.582. The number of hydrogen-bond acceptors (Lipinski definition) is 3. The second-order valence-electron chi connectivity index (χ2n) is 5.62. The first-order chi connectivity index (χ1) is 12.7. The summed E-state index contributed by atoms with van der Waals surface area (Å²) in [6.45, 7) is 1.99. The molecule has 0 aromatic heterocycles. The summed E-state index contributed by atoms with van der Waals surface area (Å²) in [5.41, 5.74) is 1.97. The van der Waals surface area contributed by atoms with Gasteiger partial charge in [-0.1, -0.05) is 29.8 Å². The van der Waals surface area contributed by atoms with Crippen molar-refractivity contribution in [3.05, 3.63) is 83.9 Å². The molecule has 3 aromatic carbocycles. The molecule has 132 valence electrons. The van der Waals surface area contributed by atoms with Crippen LogP contribution < -0.4 is 9.47 Å². The van der Waals surface area contributed by atoms with Crippen molar-refractivity contribution in [3.63, 3.8) is 0 Å². The first kappa shape index (κ1) is 17.9. The van der Waals surface area contributed by atoms with Crippen LogP contribution in [0.15, 0.2) is 82.1 Å². The summed E-state index contributed by atoms with van der Waals surface area (Å²) in [5.74, 6) is 2.01. The van der Waals surface area contributed by atoms with E-state index < -0.39 is 11.0 Å². The lowest BCUT2D eigenvalue weighted by Crippen LogP contribution is -1.91. The Kier molecular flexibility index (Phi) is 5.81. The molecule has 0 aliphatic rings. The number of para-hydroxylation sites is 2. The Bertz CT molecular complexity index is 919. The molecule has 0 radical (unpaired) electrons. The lowest BCUT2D eigenvalue weighted by atomic mass is 10.2. The number of benzene rings is 3. The number of hydrogen-bond donors (Lipinski definition) is 0. The number of rotatable bonds is 6. The molecule has 0 amide bonds. The van der Waals surface area contributed by atoms with Crippen LogP contribution in [0.2, 0.25) is 0 Å². The van der Waals surface area contributed by atoms with Gasteiger partial charge in [0.05, 0.1) is 12.0 Å². The third kappa shape index (κ3) is 4.58. The monoisotopic (exact) mass is 365 g/mol. The van der Waals surface area contributed by atoms with E-state index in [4.69, 9.17) is 9.47 Å². The first-order valence-corrected chi connectivity index (χ1v) is 9.20. The van der Waals surface area contributed by atoms with E-state index in [2.05, 4.69) is 4.40 Å². The van der Waals surface area contributed by atoms with Gasteiger partial charge in [0, 0.05) is 6.21 Å². The Morgan fingerprint density at radius 1 is 0.885 bits per heavy atom. The lowest BCUT2D eigenvalue weighted by molar-refractivity contribution is 0.379. The van der Waals surface area contributed by atoms with E-state index in [1.54, 1.807) is 13.3 Å². The molecule has 26 heavy (non-hydrogen) atoms. The zero-order chi connectivity index (χ0) is 18.4. The van der Waals surface area contributed by atoms with Crippen LogP contribution in [0.1, 0.15) is 11.1 Å². The molecule has 0 fully saturated rings. The fraction of sp³-hybridized carbons (Fsp3) is 0.0952. The van der Waals surface area contributed by atoms with Crippen molar-refractivity contribution < 1.29 is 13.7 Å². The Labute approximate surface area is 155 Å². The van der Waals surface area contributed by atoms with E-state index in [1.807, 2.05) is 79.7 Å². The standard InChI is InChI=1S/C21H19NO3S/c1-16-7-13-19(14-8-16)26(23)22-15-17-9-11-18(12-10-17)25-21-6-4-3-5-20(21)24-2/h3-15H,1-2H3/b22-15+/t26-/m1/s1. The molecule has 0 aliphatic carbocycles. The van der Waals surface area contributed by atoms with Crippen molar-refractivity contribution >= 4 is 17.2 Å². The Balaban J connectivity index is 1.67. The number of aryl methyl sites for hydroxylation is 1. The average molecular weight is 365 g/mol. The van der Waals surface area contributed by atoms with Crippen LogP contribution in [0.5, 0.6) is 17.2 Å². The van der Waals surface area contributed by atoms with Gasteiger partial charge in [-0.3, -0.25) is 0 Å². The summed E-state index contributed by atoms with van der Waals surface area (Å²) < 4.78 is 27.4. The summed E-state index contributed by atoms with van der Waals surface area (Å²) in [6, 6.07) is 22.4. The number of methoxy groups -OCH3 is 1. The van der Waals surface area contributed by atoms with Crippen molar-refractivity contribution in [1.82, 2.24) is 0 Å². The molecular formula is C21H19NO3S. The van der Waals surface area contributed by atoms with Crippen LogP contribution in [0.3, 0.4) is 0 Å². The normalized spacial score (nSPS) is 12.1. The summed E-state index contributed by atoms with van der Waals surface area (Å²) in [7, 11) is 0.195. The molecule has 3 rings (SSSR count). The maximum absolute atomic E-state index is 12.2. The fourth-order valence-electron chi connectivity index (χ4n) is 2.28. The van der Waals surface area contributed by atoms with Crippen molar-refractivity contribution in [2.24, 2.45) is 4.40 Å². The van der Waals surface area contributed by atoms with Crippen LogP contribution in [0, 0.1) is 6.92 Å². The van der Waals surface area contributed by atoms with Crippen LogP contribution in [-0.4, -0.2) is 17.5 Å². The van der Waals surface area contributed by atoms with Gasteiger partial charge < -0.3 is 9.47 Å². The highest BCUT2D eigenvalue weighted by atomic mass is 32.2. The van der Waals surface area contributed by atoms with Gasteiger partial charge in [-0.25, -0.2) is 4.21 Å². The largest absolute Gasteiger partial charge is 0.493 e. The molecule has 0 bridgehead atoms. The van der Waals surface area contributed by atoms with Crippen molar-refractivity contribution in [1.29, 1.82) is 0 Å². The maximum atomic E-state index is 12.2. The molecule has 1 atom stereocenters. The van der Waals surface area contributed by atoms with E-state index in [1.165, 1.54) is 0 Å². The van der Waals surface area contributed by atoms with Crippen LogP contribution in [0.25, 0.3) is 0 Å². The molecule has 0 spiro atoms. The van der Waals surface area contributed by atoms with Gasteiger partial charge in [-0.2, -0.15) is 4.40 Å². The molecule has 5 heteroatoms. The van der Waals surface area contributed by atoms with Gasteiger partial charge >= 0.3 is 0 Å². The molecule has 0 N–H and O–H groups in total. The molecule has 0 unspecified atom stereocenters. The van der Waals surface area contributed by atoms with Crippen LogP contribution >= 0.6 is 0 Å². The van der Waals surface area contributed by atoms with E-state index >= 15 is 0 Å². The smallest absolute Gasteiger partial charge is 0.172 e. The third-order valence-electron chi connectivity index (χ3n) is 3.70. The minimum absolute atomic E-state index is 0.650. The van der Waals surface area contributed by atoms with E-state index in [0.29, 0.717) is 22.1 Å². The average Bonchev–Trinajstić information content (AvgIpc) is 2.68. The molecular weight excluding hydrogens is 346 g/mol. The summed E-state index contributed by atoms with van der Waals surface area (Å²) in [4.78, 5) is 0.683. The molecule has 0 aliphatic heterocycles. The maximum Gasteiger partial charge on any atom is 0.172 e. The molecule has 3 aromatic rings. The van der Waals surface area contributed by atoms with E-state index in [-0.39, 0.29) is 0 Å². The Morgan fingerprint density at radius 3 is 2.19 bits per heavy atom. The summed E-state index contributed by atoms with van der Waals surface area (Å²) in [5, 5.41) is 0. The zero-order valence-electron chi connectivity index (χ0n) is 14.6. The highest BCUT2D eigenvalue weighted by Gasteiger charge is 2.04. The SMILES string of the molecule is COc1ccccc1Oc1ccc(/C=N/[S@](=O)c2ccc(C)cc2)cc1. The highest BCUT2D eigenvalue weighted by molar-refractivity contribution is 7.83. The Hall–Kier alpha value is -2.92. The van der Waals surface area contributed by atoms with E-state index in [0.717, 1.165) is 11.1 Å². The third-order valence-corrected chi connectivity index (χ3v) is 4.67. The number of nitrogens with zero attached hydrogens (tertiary/aromatic N) is 1. The van der Waals surface area contributed by atoms with Crippen molar-refractivity contribution in [2.45, 2.75) is 11.8 Å². The minimum atomic E-state index is -1.41. The topological polar surface area (TPSA) is 47.9 Å². The molecule has 0 heterocycles. The second-order valence-corrected chi connectivity index (χ2v) is 6.80. The van der Waals surface area contributed by atoms with Gasteiger partial charge in [0.1, 0.15) is 5.75 Å². The van der Waals surface area contributed by atoms with Gasteiger partial charge in [-0.05, 0) is 61.0 Å². The Morgan fingerprint density at radius 2 is 1.54 bits per heavy atom. The zero-order valence-corrected chi connectivity index (χ0v) is 15.4. The predicted molar refractivity (Wildman–Crippen MR) is 105 cm³/mol. The van der Waals surface area contributed by atoms with Crippen molar-refractivity contribution in [2.75, 3.05) is 7.11 Å². The van der Waals surface area contributed by atoms with Crippen LogP contribution in [-0.2, 0) is 11.0 Å². The van der Waals surface area contributed by atoms with Gasteiger partial charge in [0.2, 0.25) is 0 Å². The fourth-order valence-corrected chi connectivity index (χ4v) is 2.98. The predicted octanol–water partition coefficient (Wildman–Crippen LogP) is 4.94. The van der Waals surface area contributed by atoms with Gasteiger partial charge in [0.25, 0.3) is 0 Å². The molecule has 0 saturated heterocycles. The highest BCUT2D eigenvalue weighted by Crippen LogP contribution is 2.30. The van der Waals surface area contributed by atoms with Crippen LogP contribution in [0.4, 0.5) is 0 Å².